The predicted octanol–water partition coefficient (Wildman–Crippen LogP) is 6.99. The number of aliphatic hydroxyl groups is 1. The fourth-order valence-corrected chi connectivity index (χ4v) is 4.86. The van der Waals surface area contributed by atoms with E-state index in [1.54, 1.807) is 24.1 Å². The Morgan fingerprint density at radius 2 is 1.64 bits per heavy atom. The molecular formula is C32H30FNO5. The molecule has 1 N–H and O–H groups in total. The highest BCUT2D eigenvalue weighted by molar-refractivity contribution is 5.91. The number of amides is 1. The zero-order chi connectivity index (χ0) is 27.2. The van der Waals surface area contributed by atoms with Crippen LogP contribution in [0.5, 0.6) is 11.5 Å². The van der Waals surface area contributed by atoms with Crippen LogP contribution in [-0.2, 0) is 11.3 Å². The number of anilines is 1. The van der Waals surface area contributed by atoms with Crippen molar-refractivity contribution in [1.82, 2.24) is 0 Å². The maximum Gasteiger partial charge on any atom is 0.415 e. The van der Waals surface area contributed by atoms with Crippen LogP contribution in [0.3, 0.4) is 0 Å². The van der Waals surface area contributed by atoms with E-state index in [-0.39, 0.29) is 5.82 Å². The van der Waals surface area contributed by atoms with Gasteiger partial charge in [-0.2, -0.15) is 0 Å². The van der Waals surface area contributed by atoms with Gasteiger partial charge in [0.2, 0.25) is 0 Å². The van der Waals surface area contributed by atoms with Crippen molar-refractivity contribution in [3.05, 3.63) is 126 Å². The number of hydrogen-bond acceptors (Lipinski definition) is 5. The second-order valence-electron chi connectivity index (χ2n) is 9.40. The van der Waals surface area contributed by atoms with Crippen molar-refractivity contribution >= 4 is 11.8 Å². The van der Waals surface area contributed by atoms with E-state index in [0.29, 0.717) is 42.2 Å². The van der Waals surface area contributed by atoms with Crippen molar-refractivity contribution < 1.29 is 28.5 Å². The van der Waals surface area contributed by atoms with Crippen LogP contribution in [-0.4, -0.2) is 24.4 Å². The first-order chi connectivity index (χ1) is 19.0. The number of rotatable bonds is 10. The molecule has 1 aliphatic rings. The van der Waals surface area contributed by atoms with Gasteiger partial charge in [-0.25, -0.2) is 9.18 Å². The average Bonchev–Trinajstić information content (AvgIpc) is 3.31. The van der Waals surface area contributed by atoms with Crippen molar-refractivity contribution in [2.24, 2.45) is 0 Å². The number of nitrogens with zero attached hydrogens (tertiary/aromatic N) is 1. The number of cyclic esters (lactones) is 1. The molecule has 0 spiro atoms. The molecule has 3 atom stereocenters. The zero-order valence-electron chi connectivity index (χ0n) is 21.6. The number of ether oxygens (including phenoxy) is 3. The van der Waals surface area contributed by atoms with Gasteiger partial charge in [0.15, 0.2) is 0 Å². The minimum atomic E-state index is -0.833. The molecule has 0 saturated carbocycles. The number of aliphatic hydroxyl groups excluding tert-OH is 1. The van der Waals surface area contributed by atoms with E-state index in [9.17, 15) is 14.3 Å². The molecule has 1 amide bonds. The van der Waals surface area contributed by atoms with Crippen LogP contribution in [0.15, 0.2) is 103 Å². The lowest BCUT2D eigenvalue weighted by atomic mass is 9.93. The maximum absolute atomic E-state index is 13.4. The fraction of sp³-hybridized carbons (Fsp3) is 0.219. The molecule has 0 radical (unpaired) electrons. The number of benzene rings is 4. The number of methoxy groups -OCH3 is 1. The molecule has 1 saturated heterocycles. The largest absolute Gasteiger partial charge is 0.497 e. The second kappa shape index (κ2) is 12.0. The van der Waals surface area contributed by atoms with Crippen LogP contribution < -0.4 is 14.4 Å². The van der Waals surface area contributed by atoms with Crippen LogP contribution in [0, 0.1) is 5.82 Å². The molecule has 1 unspecified atom stereocenters. The Bertz CT molecular complexity index is 1380. The normalized spacial score (nSPS) is 17.5. The summed E-state index contributed by atoms with van der Waals surface area (Å²) in [6.45, 7) is 0.335. The number of hydrogen-bond donors (Lipinski definition) is 1. The summed E-state index contributed by atoms with van der Waals surface area (Å²) in [6, 6.07) is 30.0. The fourth-order valence-electron chi connectivity index (χ4n) is 4.86. The third kappa shape index (κ3) is 6.04. The van der Waals surface area contributed by atoms with Gasteiger partial charge >= 0.3 is 6.09 Å². The van der Waals surface area contributed by atoms with Crippen molar-refractivity contribution in [2.45, 2.75) is 37.7 Å². The molecule has 6 nitrogen and oxygen atoms in total. The number of para-hydroxylation sites is 1. The molecular weight excluding hydrogens is 497 g/mol. The van der Waals surface area contributed by atoms with Gasteiger partial charge in [-0.05, 0) is 60.4 Å². The molecule has 7 heteroatoms. The summed E-state index contributed by atoms with van der Waals surface area (Å²) in [4.78, 5) is 14.9. The standard InChI is InChI=1S/C32H30FNO5/c1-37-26-16-17-27(30(20-26)38-21-22-8-4-2-5-9-22)31-29(19-18-28(35)23-12-14-24(33)15-13-23)39-32(36)34(31)25-10-6-3-7-11-25/h2-17,20,28-29,31,35H,18-19,21H2,1H3/t28?,29-,31-/m1/s1. The van der Waals surface area contributed by atoms with Crippen molar-refractivity contribution in [3.63, 3.8) is 0 Å². The number of carbonyl (C=O) groups excluding carboxylic acids is 1. The van der Waals surface area contributed by atoms with Gasteiger partial charge in [0.1, 0.15) is 36.1 Å². The molecule has 1 heterocycles. The van der Waals surface area contributed by atoms with E-state index in [1.165, 1.54) is 12.1 Å². The predicted molar refractivity (Wildman–Crippen MR) is 146 cm³/mol. The SMILES string of the molecule is COc1ccc([C@@H]2[C@@H](CCC(O)c3ccc(F)cc3)OC(=O)N2c2ccccc2)c(OCc2ccccc2)c1. The minimum Gasteiger partial charge on any atom is -0.497 e. The molecule has 5 rings (SSSR count). The molecule has 4 aromatic rings. The van der Waals surface area contributed by atoms with Gasteiger partial charge in [0.25, 0.3) is 0 Å². The Kier molecular flexibility index (Phi) is 8.08. The Morgan fingerprint density at radius 1 is 0.949 bits per heavy atom. The van der Waals surface area contributed by atoms with Gasteiger partial charge in [-0.3, -0.25) is 4.90 Å². The summed E-state index contributed by atoms with van der Waals surface area (Å²) in [5, 5.41) is 10.8. The highest BCUT2D eigenvalue weighted by atomic mass is 19.1. The van der Waals surface area contributed by atoms with E-state index >= 15 is 0 Å². The molecule has 4 aromatic carbocycles. The van der Waals surface area contributed by atoms with Crippen molar-refractivity contribution in [3.8, 4) is 11.5 Å². The van der Waals surface area contributed by atoms with E-state index in [0.717, 1.165) is 11.1 Å². The van der Waals surface area contributed by atoms with E-state index < -0.39 is 24.3 Å². The third-order valence-electron chi connectivity index (χ3n) is 6.87. The highest BCUT2D eigenvalue weighted by Crippen LogP contribution is 2.44. The van der Waals surface area contributed by atoms with Gasteiger partial charge in [0.05, 0.1) is 13.2 Å². The second-order valence-corrected chi connectivity index (χ2v) is 9.40. The van der Waals surface area contributed by atoms with E-state index in [1.807, 2.05) is 78.9 Å². The summed E-state index contributed by atoms with van der Waals surface area (Å²) in [5.41, 5.74) is 3.07. The number of halogens is 1. The Hall–Kier alpha value is -4.36. The molecule has 1 aliphatic heterocycles. The smallest absolute Gasteiger partial charge is 0.415 e. The highest BCUT2D eigenvalue weighted by Gasteiger charge is 2.45. The summed E-state index contributed by atoms with van der Waals surface area (Å²) in [7, 11) is 1.59. The summed E-state index contributed by atoms with van der Waals surface area (Å²) in [6.07, 6.45) is -1.18. The third-order valence-corrected chi connectivity index (χ3v) is 6.87. The monoisotopic (exact) mass is 527 g/mol. The van der Waals surface area contributed by atoms with Crippen LogP contribution in [0.25, 0.3) is 0 Å². The zero-order valence-corrected chi connectivity index (χ0v) is 21.6. The lowest BCUT2D eigenvalue weighted by molar-refractivity contribution is 0.100. The molecule has 200 valence electrons. The first-order valence-electron chi connectivity index (χ1n) is 12.9. The molecule has 0 bridgehead atoms. The Labute approximate surface area is 227 Å². The quantitative estimate of drug-likeness (QED) is 0.241. The molecule has 39 heavy (non-hydrogen) atoms. The van der Waals surface area contributed by atoms with Gasteiger partial charge < -0.3 is 19.3 Å². The minimum absolute atomic E-state index is 0.319. The summed E-state index contributed by atoms with van der Waals surface area (Å²) in [5.74, 6) is 0.838. The Balaban J connectivity index is 1.47. The topological polar surface area (TPSA) is 68.2 Å². The first-order valence-corrected chi connectivity index (χ1v) is 12.9. The summed E-state index contributed by atoms with van der Waals surface area (Å²) < 4.78 is 31.0. The van der Waals surface area contributed by atoms with Crippen LogP contribution in [0.2, 0.25) is 0 Å². The lowest BCUT2D eigenvalue weighted by Crippen LogP contribution is -2.30. The molecule has 0 aromatic heterocycles. The average molecular weight is 528 g/mol. The molecule has 1 fully saturated rings. The lowest BCUT2D eigenvalue weighted by Gasteiger charge is -2.27. The van der Waals surface area contributed by atoms with Crippen molar-refractivity contribution in [2.75, 3.05) is 12.0 Å². The van der Waals surface area contributed by atoms with E-state index in [4.69, 9.17) is 14.2 Å². The summed E-state index contributed by atoms with van der Waals surface area (Å²) >= 11 is 0. The first kappa shape index (κ1) is 26.3. The van der Waals surface area contributed by atoms with Gasteiger partial charge in [-0.1, -0.05) is 60.7 Å². The number of carbonyl (C=O) groups is 1. The van der Waals surface area contributed by atoms with Gasteiger partial charge in [0, 0.05) is 17.3 Å². The molecule has 0 aliphatic carbocycles. The maximum atomic E-state index is 13.4. The Morgan fingerprint density at radius 3 is 2.33 bits per heavy atom. The van der Waals surface area contributed by atoms with Gasteiger partial charge in [-0.15, -0.1) is 0 Å². The van der Waals surface area contributed by atoms with E-state index in [2.05, 4.69) is 0 Å². The van der Waals surface area contributed by atoms with Crippen LogP contribution >= 0.6 is 0 Å². The van der Waals surface area contributed by atoms with Crippen LogP contribution in [0.4, 0.5) is 14.9 Å². The van der Waals surface area contributed by atoms with Crippen molar-refractivity contribution in [1.29, 1.82) is 0 Å². The van der Waals surface area contributed by atoms with Crippen LogP contribution in [0.1, 0.15) is 41.7 Å².